The van der Waals surface area contributed by atoms with Gasteiger partial charge in [-0.25, -0.2) is 39.8 Å². The number of rotatable bonds is 11. The molecule has 4 aliphatic rings. The van der Waals surface area contributed by atoms with Crippen LogP contribution in [-0.2, 0) is 14.2 Å². The minimum atomic E-state index is -1.51. The minimum absolute atomic E-state index is 0.323. The lowest BCUT2D eigenvalue weighted by molar-refractivity contribution is 0.0516. The number of nitrogens with one attached hydrogen (secondary N) is 1. The Morgan fingerprint density at radius 1 is 0.336 bits per heavy atom. The van der Waals surface area contributed by atoms with Crippen molar-refractivity contribution in [1.29, 1.82) is 0 Å². The largest absolute Gasteiger partial charge is 0.488 e. The Kier molecular flexibility index (Phi) is 24.1. The average Bonchev–Trinajstić information content (AvgIpc) is 1.71. The van der Waals surface area contributed by atoms with Gasteiger partial charge in [0.05, 0.1) is 59.2 Å². The van der Waals surface area contributed by atoms with Crippen LogP contribution in [0.4, 0.5) is 22.7 Å². The molecule has 21 heteroatoms. The van der Waals surface area contributed by atoms with Crippen molar-refractivity contribution in [2.24, 2.45) is 20.0 Å². The van der Waals surface area contributed by atoms with Crippen LogP contribution < -0.4 is 29.9 Å². The fourth-order valence-corrected chi connectivity index (χ4v) is 11.4. The van der Waals surface area contributed by atoms with Gasteiger partial charge in [-0.05, 0) is 172 Å². The van der Waals surface area contributed by atoms with E-state index < -0.39 is 19.0 Å². The first-order chi connectivity index (χ1) is 52.3. The van der Waals surface area contributed by atoms with E-state index in [9.17, 15) is 19.2 Å². The lowest BCUT2D eigenvalue weighted by Crippen LogP contribution is -2.29. The molecule has 0 spiro atoms. The monoisotopic (exact) mass is 1440 g/mol. The number of esters is 3. The molecule has 0 saturated carbocycles. The highest BCUT2D eigenvalue weighted by atomic mass is 35.5. The van der Waals surface area contributed by atoms with E-state index in [1.165, 1.54) is 24.3 Å². The normalized spacial score (nSPS) is 11.9. The van der Waals surface area contributed by atoms with E-state index in [4.69, 9.17) is 75.0 Å². The van der Waals surface area contributed by atoms with Gasteiger partial charge < -0.3 is 43.2 Å². The number of benzene rings is 12. The number of aliphatic imine (C=N–C) groups is 4. The third-order valence-corrected chi connectivity index (χ3v) is 16.7. The number of ether oxygens (including phenoxy) is 7. The quantitative estimate of drug-likeness (QED) is 0.0309. The maximum Gasteiger partial charge on any atom is 0.488 e. The summed E-state index contributed by atoms with van der Waals surface area (Å²) in [5.74, 6) is 4.23. The molecule has 0 atom stereocenters. The van der Waals surface area contributed by atoms with Crippen molar-refractivity contribution in [3.05, 3.63) is 352 Å². The third-order valence-electron chi connectivity index (χ3n) is 16.4. The number of hydrogen-bond donors (Lipinski definition) is 4. The third kappa shape index (κ3) is 18.0. The van der Waals surface area contributed by atoms with Crippen LogP contribution in [0.25, 0.3) is 0 Å². The number of amides is 1. The summed E-state index contributed by atoms with van der Waals surface area (Å²) < 4.78 is 38.8. The molecular weight excluding hydrogens is 1370 g/mol. The van der Waals surface area contributed by atoms with Crippen molar-refractivity contribution in [1.82, 2.24) is 5.48 Å². The maximum absolute atomic E-state index is 11.9. The first-order valence-electron chi connectivity index (χ1n) is 34.0. The summed E-state index contributed by atoms with van der Waals surface area (Å²) in [5, 5.41) is 26.8. The summed E-state index contributed by atoms with van der Waals surface area (Å²) in [6, 6.07) is 88.9. The maximum atomic E-state index is 11.9. The second kappa shape index (κ2) is 35.2. The van der Waals surface area contributed by atoms with Gasteiger partial charge in [-0.3, -0.25) is 10.0 Å². The first-order valence-corrected chi connectivity index (χ1v) is 34.3. The van der Waals surface area contributed by atoms with Crippen LogP contribution in [0.1, 0.15) is 101 Å². The zero-order valence-corrected chi connectivity index (χ0v) is 58.7. The van der Waals surface area contributed by atoms with Crippen LogP contribution in [0, 0.1) is 0 Å². The molecule has 0 unspecified atom stereocenters. The van der Waals surface area contributed by atoms with Crippen molar-refractivity contribution in [2.45, 2.75) is 20.8 Å². The zero-order valence-electron chi connectivity index (χ0n) is 57.9. The van der Waals surface area contributed by atoms with Gasteiger partial charge in [0.15, 0.2) is 23.0 Å². The summed E-state index contributed by atoms with van der Waals surface area (Å²) in [6.45, 7) is 6.35. The number of carbonyl (C=O) groups is 4. The lowest BCUT2D eigenvalue weighted by Gasteiger charge is -2.10. The standard InChI is InChI=1S/2C22H17NO3.C20H14N2O3.C13H8ClNO.C9H11BO4/c2*1-2-25-22(24)16-13-11-15(12-14-16)21-17-7-3-5-9-19(17)26-20-10-6-4-8-18(20)23-21;23-20(22-24)14-11-9-13(10-12-14)19-15-5-1-3-7-17(15)25-18-8-4-2-6-16(18)21-19;14-13-9-5-1-3-7-11(9)16-12-8-4-2-6-10(12)15-13;1-2-14-9(11)7-3-5-8(6-4-7)10(12)13/h2*3-14H,2H2,1H3;1-12,24H,(H,22,23);1-8H;3-6,12-13H,2H2,1H3. The van der Waals surface area contributed by atoms with Crippen LogP contribution in [0.5, 0.6) is 46.0 Å². The molecule has 0 aliphatic carbocycles. The number of hydroxylamine groups is 1. The molecule has 19 nitrogen and oxygen atoms in total. The van der Waals surface area contributed by atoms with Crippen LogP contribution in [0.3, 0.4) is 0 Å². The van der Waals surface area contributed by atoms with Gasteiger partial charge in [0.1, 0.15) is 50.9 Å². The van der Waals surface area contributed by atoms with E-state index in [1.807, 2.05) is 218 Å². The molecule has 16 rings (SSSR count). The molecule has 107 heavy (non-hydrogen) atoms. The Morgan fingerprint density at radius 3 is 0.888 bits per heavy atom. The van der Waals surface area contributed by atoms with E-state index in [0.717, 1.165) is 119 Å². The van der Waals surface area contributed by atoms with Gasteiger partial charge in [-0.15, -0.1) is 0 Å². The van der Waals surface area contributed by atoms with Crippen molar-refractivity contribution in [3.8, 4) is 46.0 Å². The molecule has 4 aliphatic heterocycles. The van der Waals surface area contributed by atoms with Crippen LogP contribution in [0.15, 0.2) is 311 Å². The van der Waals surface area contributed by atoms with E-state index in [0.29, 0.717) is 58.5 Å². The molecule has 12 aromatic rings. The number of fused-ring (bicyclic) bond motifs is 8. The molecule has 1 amide bonds. The summed E-state index contributed by atoms with van der Waals surface area (Å²) in [5.41, 5.74) is 15.4. The molecule has 0 aromatic heterocycles. The molecule has 12 aromatic carbocycles. The second-order valence-corrected chi connectivity index (χ2v) is 23.7. The zero-order chi connectivity index (χ0) is 74.6. The molecule has 0 saturated heterocycles. The Bertz CT molecular complexity index is 5180. The molecule has 0 fully saturated rings. The molecule has 4 N–H and O–H groups in total. The summed E-state index contributed by atoms with van der Waals surface area (Å²) >= 11 is 6.15. The Hall–Kier alpha value is -13.4. The fourth-order valence-electron chi connectivity index (χ4n) is 11.2. The number of nitrogens with zero attached hydrogens (tertiary/aromatic N) is 4. The predicted molar refractivity (Wildman–Crippen MR) is 412 cm³/mol. The van der Waals surface area contributed by atoms with Gasteiger partial charge in [0, 0.05) is 38.9 Å². The van der Waals surface area contributed by atoms with Gasteiger partial charge in [0.25, 0.3) is 5.91 Å². The van der Waals surface area contributed by atoms with Gasteiger partial charge in [-0.1, -0.05) is 157 Å². The molecular formula is C86H67BClN5O14. The smallest absolute Gasteiger partial charge is 0.462 e. The molecule has 0 radical (unpaired) electrons. The number of halogens is 1. The minimum Gasteiger partial charge on any atom is -0.462 e. The molecule has 4 heterocycles. The van der Waals surface area contributed by atoms with Gasteiger partial charge in [0.2, 0.25) is 0 Å². The summed E-state index contributed by atoms with van der Waals surface area (Å²) in [4.78, 5) is 65.2. The van der Waals surface area contributed by atoms with E-state index in [1.54, 1.807) is 74.8 Å². The van der Waals surface area contributed by atoms with Crippen molar-refractivity contribution in [3.63, 3.8) is 0 Å². The van der Waals surface area contributed by atoms with E-state index in [2.05, 4.69) is 4.99 Å². The fraction of sp³-hybridized carbons (Fsp3) is 0.0698. The lowest BCUT2D eigenvalue weighted by atomic mass is 9.80. The summed E-state index contributed by atoms with van der Waals surface area (Å²) in [6.07, 6.45) is 0. The number of para-hydroxylation sites is 12. The van der Waals surface area contributed by atoms with Gasteiger partial charge in [-0.2, -0.15) is 0 Å². The topological polar surface area (TPSA) is 255 Å². The first kappa shape index (κ1) is 73.4. The van der Waals surface area contributed by atoms with E-state index >= 15 is 0 Å². The highest BCUT2D eigenvalue weighted by Gasteiger charge is 2.24. The highest BCUT2D eigenvalue weighted by Crippen LogP contribution is 2.43. The predicted octanol–water partition coefficient (Wildman–Crippen LogP) is 18.0. The average molecular weight is 1440 g/mol. The second-order valence-electron chi connectivity index (χ2n) is 23.4. The Balaban J connectivity index is 0.000000128. The van der Waals surface area contributed by atoms with Crippen molar-refractivity contribution < 1.29 is 67.6 Å². The molecule has 530 valence electrons. The van der Waals surface area contributed by atoms with Crippen molar-refractivity contribution >= 4 is 93.1 Å². The van der Waals surface area contributed by atoms with Crippen molar-refractivity contribution in [2.75, 3.05) is 19.8 Å². The Labute approximate surface area is 621 Å². The van der Waals surface area contributed by atoms with Crippen LogP contribution >= 0.6 is 11.6 Å². The van der Waals surface area contributed by atoms with Crippen LogP contribution in [0.2, 0.25) is 0 Å². The Morgan fingerprint density at radius 2 is 0.589 bits per heavy atom. The van der Waals surface area contributed by atoms with Gasteiger partial charge >= 0.3 is 25.0 Å². The number of carbonyl (C=O) groups excluding carboxylic acids is 4. The SMILES string of the molecule is CCOC(=O)c1ccc(B(O)O)cc1.CCOC(=O)c1ccc(C2=Nc3ccccc3Oc3ccccc32)cc1.CCOC(=O)c1ccc(C2=Nc3ccccc3Oc3ccccc32)cc1.ClC1=Nc2ccccc2Oc2ccccc21.O=C(NO)c1ccc(C2=Nc3ccccc3Oc3ccccc32)cc1. The summed E-state index contributed by atoms with van der Waals surface area (Å²) in [7, 11) is -1.51. The highest BCUT2D eigenvalue weighted by molar-refractivity contribution is 6.70. The number of hydrogen-bond acceptors (Lipinski definition) is 18. The van der Waals surface area contributed by atoms with E-state index in [-0.39, 0.29) is 11.9 Å². The molecule has 0 bridgehead atoms. The van der Waals surface area contributed by atoms with Crippen LogP contribution in [-0.4, -0.2) is 88.3 Å².